The van der Waals surface area contributed by atoms with Crippen LogP contribution in [0, 0.1) is 5.92 Å². The van der Waals surface area contributed by atoms with Gasteiger partial charge in [-0.05, 0) is 23.8 Å². The fourth-order valence-electron chi connectivity index (χ4n) is 1.60. The Morgan fingerprint density at radius 1 is 1.24 bits per heavy atom. The molecule has 0 saturated carbocycles. The molecular weight excluding hydrogens is 216 g/mol. The van der Waals surface area contributed by atoms with Crippen LogP contribution in [0.15, 0.2) is 30.3 Å². The standard InChI is InChI=1S/C12H18O.C2H4O2/c1-10(9-13)8-11(2)12-6-4-3-5-7-12;1-2(3)4/h3-7,10-11,13H,8-9H2,1-2H3;1H3,(H,3,4). The third-order valence-electron chi connectivity index (χ3n) is 2.44. The molecule has 1 aromatic carbocycles. The third kappa shape index (κ3) is 8.46. The molecule has 0 aromatic heterocycles. The van der Waals surface area contributed by atoms with Crippen LogP contribution in [-0.2, 0) is 4.79 Å². The zero-order valence-corrected chi connectivity index (χ0v) is 10.8. The Balaban J connectivity index is 0.000000557. The molecule has 17 heavy (non-hydrogen) atoms. The lowest BCUT2D eigenvalue weighted by molar-refractivity contribution is -0.134. The molecule has 96 valence electrons. The summed E-state index contributed by atoms with van der Waals surface area (Å²) in [4.78, 5) is 9.00. The highest BCUT2D eigenvalue weighted by Gasteiger charge is 2.08. The summed E-state index contributed by atoms with van der Waals surface area (Å²) in [6, 6.07) is 10.5. The first-order valence-electron chi connectivity index (χ1n) is 5.82. The van der Waals surface area contributed by atoms with Crippen LogP contribution >= 0.6 is 0 Å². The number of rotatable bonds is 4. The molecule has 0 radical (unpaired) electrons. The van der Waals surface area contributed by atoms with Gasteiger partial charge in [-0.3, -0.25) is 4.79 Å². The normalized spacial score (nSPS) is 13.2. The molecule has 0 saturated heterocycles. The van der Waals surface area contributed by atoms with Crippen LogP contribution in [0.5, 0.6) is 0 Å². The summed E-state index contributed by atoms with van der Waals surface area (Å²) in [7, 11) is 0. The Bertz CT molecular complexity index is 305. The molecule has 3 heteroatoms. The first-order chi connectivity index (χ1) is 7.97. The van der Waals surface area contributed by atoms with Gasteiger partial charge in [-0.25, -0.2) is 0 Å². The lowest BCUT2D eigenvalue weighted by atomic mass is 9.92. The molecule has 0 heterocycles. The van der Waals surface area contributed by atoms with Crippen molar-refractivity contribution in [3.63, 3.8) is 0 Å². The van der Waals surface area contributed by atoms with E-state index in [1.807, 2.05) is 6.07 Å². The van der Waals surface area contributed by atoms with Gasteiger partial charge < -0.3 is 10.2 Å². The molecule has 0 bridgehead atoms. The number of aliphatic carboxylic acids is 1. The Morgan fingerprint density at radius 3 is 2.12 bits per heavy atom. The fourth-order valence-corrected chi connectivity index (χ4v) is 1.60. The zero-order valence-electron chi connectivity index (χ0n) is 10.8. The quantitative estimate of drug-likeness (QED) is 0.848. The highest BCUT2D eigenvalue weighted by atomic mass is 16.4. The first kappa shape index (κ1) is 15.7. The van der Waals surface area contributed by atoms with Crippen LogP contribution in [0.2, 0.25) is 0 Å². The van der Waals surface area contributed by atoms with Crippen molar-refractivity contribution in [3.8, 4) is 0 Å². The van der Waals surface area contributed by atoms with Gasteiger partial charge in [0, 0.05) is 13.5 Å². The number of benzene rings is 1. The van der Waals surface area contributed by atoms with E-state index in [-0.39, 0.29) is 6.61 Å². The predicted molar refractivity (Wildman–Crippen MR) is 69.0 cm³/mol. The van der Waals surface area contributed by atoms with Gasteiger partial charge in [0.25, 0.3) is 5.97 Å². The predicted octanol–water partition coefficient (Wildman–Crippen LogP) is 2.90. The Morgan fingerprint density at radius 2 is 1.71 bits per heavy atom. The van der Waals surface area contributed by atoms with E-state index in [1.165, 1.54) is 5.56 Å². The summed E-state index contributed by atoms with van der Waals surface area (Å²) in [6.07, 6.45) is 1.06. The molecule has 2 unspecified atom stereocenters. The van der Waals surface area contributed by atoms with Crippen LogP contribution in [-0.4, -0.2) is 22.8 Å². The van der Waals surface area contributed by atoms with Crippen LogP contribution in [0.3, 0.4) is 0 Å². The van der Waals surface area contributed by atoms with Gasteiger partial charge in [0.05, 0.1) is 0 Å². The van der Waals surface area contributed by atoms with Crippen LogP contribution in [0.1, 0.15) is 38.7 Å². The minimum absolute atomic E-state index is 0.289. The first-order valence-corrected chi connectivity index (χ1v) is 5.82. The van der Waals surface area contributed by atoms with Crippen LogP contribution in [0.4, 0.5) is 0 Å². The molecule has 0 aliphatic heterocycles. The van der Waals surface area contributed by atoms with Crippen molar-refractivity contribution in [2.24, 2.45) is 5.92 Å². The lowest BCUT2D eigenvalue weighted by Crippen LogP contribution is -2.05. The van der Waals surface area contributed by atoms with E-state index in [4.69, 9.17) is 15.0 Å². The Labute approximate surface area is 103 Å². The molecule has 3 nitrogen and oxygen atoms in total. The average Bonchev–Trinajstić information content (AvgIpc) is 2.29. The number of carboxylic acid groups (broad SMARTS) is 1. The SMILES string of the molecule is CC(=O)O.CC(CO)CC(C)c1ccccc1. The summed E-state index contributed by atoms with van der Waals surface area (Å²) in [5.41, 5.74) is 1.36. The van der Waals surface area contributed by atoms with Crippen molar-refractivity contribution in [1.29, 1.82) is 0 Å². The molecule has 0 amide bonds. The van der Waals surface area contributed by atoms with Gasteiger partial charge in [0.1, 0.15) is 0 Å². The van der Waals surface area contributed by atoms with E-state index in [0.29, 0.717) is 11.8 Å². The molecular formula is C14H22O3. The second kappa shape index (κ2) is 8.76. The van der Waals surface area contributed by atoms with Crippen molar-refractivity contribution in [2.75, 3.05) is 6.61 Å². The van der Waals surface area contributed by atoms with Crippen molar-refractivity contribution in [2.45, 2.75) is 33.1 Å². The van der Waals surface area contributed by atoms with E-state index in [2.05, 4.69) is 38.1 Å². The number of aliphatic hydroxyl groups excluding tert-OH is 1. The topological polar surface area (TPSA) is 57.5 Å². The number of hydrogen-bond acceptors (Lipinski definition) is 2. The second-order valence-corrected chi connectivity index (χ2v) is 4.35. The van der Waals surface area contributed by atoms with E-state index < -0.39 is 5.97 Å². The van der Waals surface area contributed by atoms with E-state index >= 15 is 0 Å². The van der Waals surface area contributed by atoms with Gasteiger partial charge in [-0.15, -0.1) is 0 Å². The summed E-state index contributed by atoms with van der Waals surface area (Å²) in [5.74, 6) is 0.110. The van der Waals surface area contributed by atoms with Gasteiger partial charge in [-0.2, -0.15) is 0 Å². The van der Waals surface area contributed by atoms with E-state index in [1.54, 1.807) is 0 Å². The number of aliphatic hydroxyl groups is 1. The maximum absolute atomic E-state index is 9.00. The minimum atomic E-state index is -0.833. The lowest BCUT2D eigenvalue weighted by Gasteiger charge is -2.15. The molecule has 0 aliphatic carbocycles. The van der Waals surface area contributed by atoms with Crippen molar-refractivity contribution in [3.05, 3.63) is 35.9 Å². The maximum Gasteiger partial charge on any atom is 0.300 e. The van der Waals surface area contributed by atoms with Gasteiger partial charge in [0.15, 0.2) is 0 Å². The molecule has 1 rings (SSSR count). The highest BCUT2D eigenvalue weighted by molar-refractivity contribution is 5.62. The summed E-state index contributed by atoms with van der Waals surface area (Å²) < 4.78 is 0. The summed E-state index contributed by atoms with van der Waals surface area (Å²) >= 11 is 0. The summed E-state index contributed by atoms with van der Waals surface area (Å²) in [5, 5.41) is 16.3. The molecule has 1 aromatic rings. The highest BCUT2D eigenvalue weighted by Crippen LogP contribution is 2.22. The monoisotopic (exact) mass is 238 g/mol. The second-order valence-electron chi connectivity index (χ2n) is 4.35. The van der Waals surface area contributed by atoms with E-state index in [0.717, 1.165) is 13.3 Å². The van der Waals surface area contributed by atoms with Gasteiger partial charge in [0.2, 0.25) is 0 Å². The molecule has 0 aliphatic rings. The number of hydrogen-bond donors (Lipinski definition) is 2. The van der Waals surface area contributed by atoms with Gasteiger partial charge >= 0.3 is 0 Å². The fraction of sp³-hybridized carbons (Fsp3) is 0.500. The molecule has 2 N–H and O–H groups in total. The maximum atomic E-state index is 9.00. The minimum Gasteiger partial charge on any atom is -0.481 e. The summed E-state index contributed by atoms with van der Waals surface area (Å²) in [6.45, 7) is 5.66. The van der Waals surface area contributed by atoms with Crippen molar-refractivity contribution in [1.82, 2.24) is 0 Å². The Kier molecular flexibility index (Phi) is 8.07. The largest absolute Gasteiger partial charge is 0.481 e. The zero-order chi connectivity index (χ0) is 13.3. The Hall–Kier alpha value is -1.35. The smallest absolute Gasteiger partial charge is 0.300 e. The van der Waals surface area contributed by atoms with Crippen LogP contribution < -0.4 is 0 Å². The number of carbonyl (C=O) groups is 1. The molecule has 0 spiro atoms. The third-order valence-corrected chi connectivity index (χ3v) is 2.44. The van der Waals surface area contributed by atoms with E-state index in [9.17, 15) is 0 Å². The number of carboxylic acids is 1. The van der Waals surface area contributed by atoms with Crippen molar-refractivity contribution >= 4 is 5.97 Å². The van der Waals surface area contributed by atoms with Crippen molar-refractivity contribution < 1.29 is 15.0 Å². The average molecular weight is 238 g/mol. The molecule has 2 atom stereocenters. The van der Waals surface area contributed by atoms with Gasteiger partial charge in [-0.1, -0.05) is 44.2 Å². The molecule has 0 fully saturated rings. The van der Waals surface area contributed by atoms with Crippen LogP contribution in [0.25, 0.3) is 0 Å².